The van der Waals surface area contributed by atoms with Crippen molar-refractivity contribution in [3.63, 3.8) is 0 Å². The summed E-state index contributed by atoms with van der Waals surface area (Å²) >= 11 is 1.47. The highest BCUT2D eigenvalue weighted by Gasteiger charge is 2.06. The topological polar surface area (TPSA) is 68.0 Å². The van der Waals surface area contributed by atoms with E-state index in [2.05, 4.69) is 29.4 Å². The molecule has 0 aliphatic rings. The second kappa shape index (κ2) is 4.59. The minimum absolute atomic E-state index is 0.0177. The molecule has 1 aromatic heterocycles. The van der Waals surface area contributed by atoms with Gasteiger partial charge in [-0.2, -0.15) is 0 Å². The molecule has 2 aromatic rings. The number of thiazole rings is 1. The predicted molar refractivity (Wildman–Crippen MR) is 66.7 cm³/mol. The Kier molecular flexibility index (Phi) is 3.17. The fourth-order valence-electron chi connectivity index (χ4n) is 1.41. The summed E-state index contributed by atoms with van der Waals surface area (Å²) in [5.74, 6) is -0.213. The Morgan fingerprint density at radius 3 is 3.06 bits per heavy atom. The van der Waals surface area contributed by atoms with Gasteiger partial charge in [-0.15, -0.1) is 0 Å². The maximum atomic E-state index is 11.1. The van der Waals surface area contributed by atoms with E-state index < -0.39 is 0 Å². The van der Waals surface area contributed by atoms with Gasteiger partial charge >= 0.3 is 0 Å². The van der Waals surface area contributed by atoms with Crippen molar-refractivity contribution in [3.8, 4) is 0 Å². The molecule has 0 spiro atoms. The Labute approximate surface area is 97.5 Å². The average Bonchev–Trinajstić information content (AvgIpc) is 2.69. The van der Waals surface area contributed by atoms with Gasteiger partial charge in [-0.25, -0.2) is 4.98 Å². The highest BCUT2D eigenvalue weighted by Crippen LogP contribution is 2.26. The molecule has 0 radical (unpaired) electrons. The molecule has 1 amide bonds. The van der Waals surface area contributed by atoms with Gasteiger partial charge in [-0.05, 0) is 24.1 Å². The van der Waals surface area contributed by atoms with E-state index in [1.165, 1.54) is 16.9 Å². The lowest BCUT2D eigenvalue weighted by Gasteiger charge is -1.95. The number of fused-ring (bicyclic) bond motifs is 1. The molecule has 4 nitrogen and oxygen atoms in total. The van der Waals surface area contributed by atoms with Crippen LogP contribution in [-0.4, -0.2) is 17.4 Å². The van der Waals surface area contributed by atoms with Gasteiger partial charge in [-0.3, -0.25) is 4.79 Å². The van der Waals surface area contributed by atoms with Crippen molar-refractivity contribution in [2.75, 3.05) is 11.9 Å². The summed E-state index contributed by atoms with van der Waals surface area (Å²) in [6.07, 6.45) is 0.998. The Hall–Kier alpha value is -1.46. The summed E-state index contributed by atoms with van der Waals surface area (Å²) in [5, 5.41) is 3.27. The van der Waals surface area contributed by atoms with Crippen LogP contribution in [0.25, 0.3) is 10.2 Å². The van der Waals surface area contributed by atoms with Crippen LogP contribution in [0.4, 0.5) is 5.13 Å². The molecule has 0 atom stereocenters. The zero-order valence-electron chi connectivity index (χ0n) is 8.99. The molecule has 0 saturated carbocycles. The third-order valence-corrected chi connectivity index (χ3v) is 3.23. The number of anilines is 1. The second-order valence-electron chi connectivity index (χ2n) is 3.43. The molecule has 2 rings (SSSR count). The maximum Gasteiger partial charge on any atom is 0.239 e. The first-order valence-electron chi connectivity index (χ1n) is 5.12. The molecule has 5 heteroatoms. The summed E-state index contributed by atoms with van der Waals surface area (Å²) in [7, 11) is 0. The molecule has 84 valence electrons. The number of rotatable bonds is 3. The molecule has 3 N–H and O–H groups in total. The van der Waals surface area contributed by atoms with Gasteiger partial charge in [0.1, 0.15) is 0 Å². The number of nitrogens with zero attached hydrogens (tertiary/aromatic N) is 1. The van der Waals surface area contributed by atoms with Gasteiger partial charge < -0.3 is 11.1 Å². The Morgan fingerprint density at radius 1 is 1.56 bits per heavy atom. The van der Waals surface area contributed by atoms with Gasteiger partial charge in [-0.1, -0.05) is 24.3 Å². The van der Waals surface area contributed by atoms with Crippen LogP contribution in [-0.2, 0) is 11.2 Å². The van der Waals surface area contributed by atoms with E-state index in [0.29, 0.717) is 5.13 Å². The molecule has 1 heterocycles. The monoisotopic (exact) mass is 235 g/mol. The van der Waals surface area contributed by atoms with E-state index in [1.807, 2.05) is 6.07 Å². The van der Waals surface area contributed by atoms with Crippen molar-refractivity contribution in [3.05, 3.63) is 23.8 Å². The van der Waals surface area contributed by atoms with Crippen LogP contribution in [0.5, 0.6) is 0 Å². The number of aryl methyl sites for hydroxylation is 1. The molecule has 0 saturated heterocycles. The van der Waals surface area contributed by atoms with Gasteiger partial charge in [0, 0.05) is 0 Å². The van der Waals surface area contributed by atoms with E-state index in [-0.39, 0.29) is 12.5 Å². The number of aromatic nitrogens is 1. The quantitative estimate of drug-likeness (QED) is 0.851. The van der Waals surface area contributed by atoms with Crippen molar-refractivity contribution in [1.29, 1.82) is 0 Å². The molecular weight excluding hydrogens is 222 g/mol. The third kappa shape index (κ3) is 2.20. The lowest BCUT2D eigenvalue weighted by molar-refractivity contribution is -0.114. The smallest absolute Gasteiger partial charge is 0.239 e. The van der Waals surface area contributed by atoms with E-state index in [4.69, 9.17) is 5.73 Å². The van der Waals surface area contributed by atoms with E-state index in [0.717, 1.165) is 16.6 Å². The van der Waals surface area contributed by atoms with Crippen LogP contribution in [0.15, 0.2) is 18.2 Å². The highest BCUT2D eigenvalue weighted by atomic mass is 32.1. The summed E-state index contributed by atoms with van der Waals surface area (Å²) < 4.78 is 1.09. The van der Waals surface area contributed by atoms with Crippen molar-refractivity contribution in [2.45, 2.75) is 13.3 Å². The molecule has 0 bridgehead atoms. The van der Waals surface area contributed by atoms with Crippen LogP contribution in [0.3, 0.4) is 0 Å². The van der Waals surface area contributed by atoms with E-state index in [1.54, 1.807) is 0 Å². The van der Waals surface area contributed by atoms with Crippen molar-refractivity contribution in [2.24, 2.45) is 5.73 Å². The number of benzene rings is 1. The Balaban J connectivity index is 2.32. The van der Waals surface area contributed by atoms with Crippen molar-refractivity contribution >= 4 is 32.6 Å². The number of carbonyl (C=O) groups is 1. The fraction of sp³-hybridized carbons (Fsp3) is 0.273. The average molecular weight is 235 g/mol. The highest BCUT2D eigenvalue weighted by molar-refractivity contribution is 7.22. The fourth-order valence-corrected chi connectivity index (χ4v) is 2.36. The second-order valence-corrected chi connectivity index (χ2v) is 4.46. The van der Waals surface area contributed by atoms with Gasteiger partial charge in [0.05, 0.1) is 16.8 Å². The summed E-state index contributed by atoms with van der Waals surface area (Å²) in [6, 6.07) is 6.13. The Bertz CT molecular complexity index is 521. The maximum absolute atomic E-state index is 11.1. The molecule has 0 aliphatic heterocycles. The zero-order chi connectivity index (χ0) is 11.5. The summed E-state index contributed by atoms with van der Waals surface area (Å²) in [4.78, 5) is 15.4. The van der Waals surface area contributed by atoms with E-state index >= 15 is 0 Å². The summed E-state index contributed by atoms with van der Waals surface area (Å²) in [5.41, 5.74) is 7.41. The first-order chi connectivity index (χ1) is 7.72. The number of amides is 1. The number of nitrogens with one attached hydrogen (secondary N) is 1. The van der Waals surface area contributed by atoms with Gasteiger partial charge in [0.15, 0.2) is 5.13 Å². The number of hydrogen-bond donors (Lipinski definition) is 2. The van der Waals surface area contributed by atoms with Gasteiger partial charge in [0.25, 0.3) is 0 Å². The van der Waals surface area contributed by atoms with Crippen LogP contribution in [0, 0.1) is 0 Å². The van der Waals surface area contributed by atoms with Crippen LogP contribution in [0.1, 0.15) is 12.5 Å². The number of hydrogen-bond acceptors (Lipinski definition) is 4. The normalized spacial score (nSPS) is 10.6. The Morgan fingerprint density at radius 2 is 2.38 bits per heavy atom. The zero-order valence-corrected chi connectivity index (χ0v) is 9.80. The summed E-state index contributed by atoms with van der Waals surface area (Å²) in [6.45, 7) is 2.09. The van der Waals surface area contributed by atoms with Crippen molar-refractivity contribution < 1.29 is 4.79 Å². The minimum Gasteiger partial charge on any atom is -0.322 e. The minimum atomic E-state index is -0.213. The molecule has 16 heavy (non-hydrogen) atoms. The standard InChI is InChI=1S/C11H13N3OS/c1-2-7-3-4-8-9(5-7)16-11(13-8)14-10(15)6-12/h3-5H,2,6,12H2,1H3,(H,13,14,15). The lowest BCUT2D eigenvalue weighted by Crippen LogP contribution is -2.21. The van der Waals surface area contributed by atoms with Crippen LogP contribution in [0.2, 0.25) is 0 Å². The molecule has 0 aliphatic carbocycles. The van der Waals surface area contributed by atoms with E-state index in [9.17, 15) is 4.79 Å². The first-order valence-corrected chi connectivity index (χ1v) is 5.94. The van der Waals surface area contributed by atoms with Gasteiger partial charge in [0.2, 0.25) is 5.91 Å². The van der Waals surface area contributed by atoms with Crippen LogP contribution < -0.4 is 11.1 Å². The largest absolute Gasteiger partial charge is 0.322 e. The molecule has 1 aromatic carbocycles. The molecule has 0 unspecified atom stereocenters. The molecule has 0 fully saturated rings. The molecular formula is C11H13N3OS. The SMILES string of the molecule is CCc1ccc2nc(NC(=O)CN)sc2c1. The number of nitrogens with two attached hydrogens (primary N) is 1. The van der Waals surface area contributed by atoms with Crippen LogP contribution >= 0.6 is 11.3 Å². The number of carbonyl (C=O) groups excluding carboxylic acids is 1. The third-order valence-electron chi connectivity index (χ3n) is 2.29. The predicted octanol–water partition coefficient (Wildman–Crippen LogP) is 1.76. The lowest BCUT2D eigenvalue weighted by atomic mass is 10.2. The first kappa shape index (κ1) is 11.0. The van der Waals surface area contributed by atoms with Crippen molar-refractivity contribution in [1.82, 2.24) is 4.98 Å².